The van der Waals surface area contributed by atoms with Crippen molar-refractivity contribution in [2.45, 2.75) is 52.0 Å². The Morgan fingerprint density at radius 1 is 1.13 bits per heavy atom. The van der Waals surface area contributed by atoms with E-state index in [0.29, 0.717) is 13.0 Å². The molecule has 5 rings (SSSR count). The van der Waals surface area contributed by atoms with E-state index in [9.17, 15) is 4.79 Å². The van der Waals surface area contributed by atoms with Crippen LogP contribution >= 0.6 is 0 Å². The van der Waals surface area contributed by atoms with Gasteiger partial charge in [-0.2, -0.15) is 0 Å². The summed E-state index contributed by atoms with van der Waals surface area (Å²) in [6.07, 6.45) is 5.10. The van der Waals surface area contributed by atoms with Crippen LogP contribution in [0, 0.1) is 5.41 Å². The van der Waals surface area contributed by atoms with Crippen LogP contribution in [0.25, 0.3) is 16.6 Å². The molecule has 1 aromatic heterocycles. The second-order valence-electron chi connectivity index (χ2n) is 9.52. The predicted molar refractivity (Wildman–Crippen MR) is 117 cm³/mol. The summed E-state index contributed by atoms with van der Waals surface area (Å²) in [5.41, 5.74) is 5.38. The Kier molecular flexibility index (Phi) is 4.31. The van der Waals surface area contributed by atoms with E-state index in [1.165, 1.54) is 5.56 Å². The van der Waals surface area contributed by atoms with Crippen molar-refractivity contribution in [1.82, 2.24) is 15.0 Å². The maximum atomic E-state index is 12.3. The third-order valence-electron chi connectivity index (χ3n) is 6.48. The summed E-state index contributed by atoms with van der Waals surface area (Å²) >= 11 is 0. The molecule has 3 aromatic rings. The number of allylic oxidation sites excluding steroid dienone is 2. The van der Waals surface area contributed by atoms with Crippen molar-refractivity contribution in [2.24, 2.45) is 5.41 Å². The van der Waals surface area contributed by atoms with Crippen LogP contribution in [-0.2, 0) is 16.8 Å². The quantitative estimate of drug-likeness (QED) is 0.621. The van der Waals surface area contributed by atoms with Crippen LogP contribution < -0.4 is 4.74 Å². The highest BCUT2D eigenvalue weighted by Crippen LogP contribution is 2.55. The fourth-order valence-corrected chi connectivity index (χ4v) is 4.97. The maximum Gasteiger partial charge on any atom is 0.156 e. The van der Waals surface area contributed by atoms with Gasteiger partial charge in [0.2, 0.25) is 0 Å². The van der Waals surface area contributed by atoms with Gasteiger partial charge < -0.3 is 4.74 Å². The molecule has 0 spiro atoms. The number of aromatic nitrogens is 3. The van der Waals surface area contributed by atoms with Crippen molar-refractivity contribution in [3.63, 3.8) is 0 Å². The SMILES string of the molecule is CC(C)(C)n1nnc2c3c(ccc21)C1=CC(=O)CC[C@@]1(CCOc1ccccc1)C3. The smallest absolute Gasteiger partial charge is 0.156 e. The van der Waals surface area contributed by atoms with Gasteiger partial charge in [-0.05, 0) is 81.0 Å². The van der Waals surface area contributed by atoms with Gasteiger partial charge in [0.15, 0.2) is 5.78 Å². The van der Waals surface area contributed by atoms with Crippen LogP contribution in [0.15, 0.2) is 48.5 Å². The van der Waals surface area contributed by atoms with Gasteiger partial charge in [-0.15, -0.1) is 5.10 Å². The van der Waals surface area contributed by atoms with Crippen LogP contribution in [0.3, 0.4) is 0 Å². The average Bonchev–Trinajstić information content (AvgIpc) is 3.28. The monoisotopic (exact) mass is 401 g/mol. The summed E-state index contributed by atoms with van der Waals surface area (Å²) in [7, 11) is 0. The minimum atomic E-state index is -0.134. The Balaban J connectivity index is 1.51. The van der Waals surface area contributed by atoms with E-state index in [1.807, 2.05) is 41.1 Å². The molecular formula is C25H27N3O2. The molecule has 0 unspecified atom stereocenters. The molecule has 5 nitrogen and oxygen atoms in total. The van der Waals surface area contributed by atoms with Crippen LogP contribution in [0.1, 0.15) is 51.2 Å². The molecule has 0 bridgehead atoms. The minimum Gasteiger partial charge on any atom is -0.494 e. The standard InChI is InChI=1S/C25H27N3O2/c1-24(2,3)28-22-10-9-19-20(23(22)26-27-28)16-25(12-11-17(29)15-21(19)25)13-14-30-18-7-5-4-6-8-18/h4-10,15H,11-14,16H2,1-3H3/t25-/m1/s1. The molecule has 0 saturated heterocycles. The lowest BCUT2D eigenvalue weighted by atomic mass is 9.70. The first kappa shape index (κ1) is 19.0. The Morgan fingerprint density at radius 2 is 1.93 bits per heavy atom. The molecule has 5 heteroatoms. The van der Waals surface area contributed by atoms with Gasteiger partial charge in [0, 0.05) is 11.8 Å². The van der Waals surface area contributed by atoms with Crippen molar-refractivity contribution in [3.8, 4) is 5.75 Å². The van der Waals surface area contributed by atoms with Crippen molar-refractivity contribution >= 4 is 22.4 Å². The van der Waals surface area contributed by atoms with Crippen LogP contribution in [0.2, 0.25) is 0 Å². The highest BCUT2D eigenvalue weighted by Gasteiger charge is 2.45. The van der Waals surface area contributed by atoms with Crippen LogP contribution in [-0.4, -0.2) is 27.4 Å². The van der Waals surface area contributed by atoms with Gasteiger partial charge in [-0.3, -0.25) is 4.79 Å². The summed E-state index contributed by atoms with van der Waals surface area (Å²) in [5, 5.41) is 9.02. The van der Waals surface area contributed by atoms with Gasteiger partial charge in [0.05, 0.1) is 17.7 Å². The molecule has 0 saturated carbocycles. The minimum absolute atomic E-state index is 0.0647. The van der Waals surface area contributed by atoms with Gasteiger partial charge in [0.1, 0.15) is 11.3 Å². The third-order valence-corrected chi connectivity index (χ3v) is 6.48. The molecule has 154 valence electrons. The largest absolute Gasteiger partial charge is 0.494 e. The number of rotatable bonds is 4. The van der Waals surface area contributed by atoms with Crippen LogP contribution in [0.5, 0.6) is 5.75 Å². The number of ether oxygens (including phenoxy) is 1. The molecule has 2 aliphatic carbocycles. The molecule has 0 fully saturated rings. The average molecular weight is 402 g/mol. The molecule has 0 amide bonds. The topological polar surface area (TPSA) is 57.0 Å². The lowest BCUT2D eigenvalue weighted by Gasteiger charge is -2.33. The van der Waals surface area contributed by atoms with E-state index >= 15 is 0 Å². The fraction of sp³-hybridized carbons (Fsp3) is 0.400. The lowest BCUT2D eigenvalue weighted by molar-refractivity contribution is -0.115. The van der Waals surface area contributed by atoms with Gasteiger partial charge in [-0.25, -0.2) is 4.68 Å². The third kappa shape index (κ3) is 3.04. The van der Waals surface area contributed by atoms with E-state index in [4.69, 9.17) is 4.74 Å². The highest BCUT2D eigenvalue weighted by molar-refractivity contribution is 6.03. The predicted octanol–water partition coefficient (Wildman–Crippen LogP) is 4.94. The Bertz CT molecular complexity index is 1150. The number of carbonyl (C=O) groups excluding carboxylic acids is 1. The van der Waals surface area contributed by atoms with Crippen molar-refractivity contribution in [2.75, 3.05) is 6.61 Å². The van der Waals surface area contributed by atoms with Crippen molar-refractivity contribution in [3.05, 3.63) is 59.7 Å². The molecule has 30 heavy (non-hydrogen) atoms. The molecule has 2 aromatic carbocycles. The second kappa shape index (κ2) is 6.79. The van der Waals surface area contributed by atoms with Crippen LogP contribution in [0.4, 0.5) is 0 Å². The zero-order chi connectivity index (χ0) is 20.9. The molecule has 1 heterocycles. The molecule has 0 radical (unpaired) electrons. The van der Waals surface area contributed by atoms with E-state index in [0.717, 1.165) is 47.2 Å². The van der Waals surface area contributed by atoms with Gasteiger partial charge in [0.25, 0.3) is 0 Å². The first-order valence-corrected chi connectivity index (χ1v) is 10.7. The summed E-state index contributed by atoms with van der Waals surface area (Å²) in [5.74, 6) is 1.10. The fourth-order valence-electron chi connectivity index (χ4n) is 4.97. The van der Waals surface area contributed by atoms with E-state index < -0.39 is 0 Å². The lowest BCUT2D eigenvalue weighted by Crippen LogP contribution is -2.28. The Labute approximate surface area is 176 Å². The van der Waals surface area contributed by atoms with Gasteiger partial charge in [-0.1, -0.05) is 29.5 Å². The summed E-state index contributed by atoms with van der Waals surface area (Å²) in [6, 6.07) is 14.2. The van der Waals surface area contributed by atoms with E-state index in [2.05, 4.69) is 43.2 Å². The molecule has 2 aliphatic rings. The number of nitrogens with zero attached hydrogens (tertiary/aromatic N) is 3. The zero-order valence-electron chi connectivity index (χ0n) is 17.8. The zero-order valence-corrected chi connectivity index (χ0v) is 17.8. The second-order valence-corrected chi connectivity index (χ2v) is 9.52. The molecule has 1 atom stereocenters. The van der Waals surface area contributed by atoms with E-state index in [-0.39, 0.29) is 16.7 Å². The first-order chi connectivity index (χ1) is 14.4. The van der Waals surface area contributed by atoms with Crippen molar-refractivity contribution in [1.29, 1.82) is 0 Å². The summed E-state index contributed by atoms with van der Waals surface area (Å²) in [6.45, 7) is 7.04. The molecular weight excluding hydrogens is 374 g/mol. The van der Waals surface area contributed by atoms with E-state index in [1.54, 1.807) is 0 Å². The molecule has 0 aliphatic heterocycles. The number of hydrogen-bond acceptors (Lipinski definition) is 4. The number of fused-ring (bicyclic) bond motifs is 5. The molecule has 0 N–H and O–H groups in total. The number of ketones is 1. The summed E-state index contributed by atoms with van der Waals surface area (Å²) in [4.78, 5) is 12.3. The van der Waals surface area contributed by atoms with Gasteiger partial charge >= 0.3 is 0 Å². The number of benzene rings is 2. The summed E-state index contributed by atoms with van der Waals surface area (Å²) < 4.78 is 8.02. The number of hydrogen-bond donors (Lipinski definition) is 0. The normalized spacial score (nSPS) is 20.8. The Morgan fingerprint density at radius 3 is 2.70 bits per heavy atom. The number of carbonyl (C=O) groups is 1. The maximum absolute atomic E-state index is 12.3. The number of para-hydroxylation sites is 1. The first-order valence-electron chi connectivity index (χ1n) is 10.7. The Hall–Kier alpha value is -2.95. The highest BCUT2D eigenvalue weighted by atomic mass is 16.5. The van der Waals surface area contributed by atoms with Crippen molar-refractivity contribution < 1.29 is 9.53 Å².